The van der Waals surface area contributed by atoms with E-state index in [4.69, 9.17) is 0 Å². The third kappa shape index (κ3) is 6.42. The van der Waals surface area contributed by atoms with Gasteiger partial charge < -0.3 is 15.5 Å². The highest BCUT2D eigenvalue weighted by Crippen LogP contribution is 2.48. The number of carbonyl (C=O) groups is 1. The summed E-state index contributed by atoms with van der Waals surface area (Å²) in [5.74, 6) is 0.506. The summed E-state index contributed by atoms with van der Waals surface area (Å²) in [5.41, 5.74) is 11.7. The molecule has 3 aliphatic heterocycles. The number of aryl methyl sites for hydroxylation is 1. The minimum atomic E-state index is -0.484. The SMILES string of the molecule is Cc1ccc(F)c2c1NC(C(=O)Nc1cccc(N3CCN4CNNC4(C4CCCCCCCC4)C3)c1)C2C1CCCCCCC1. The maximum absolute atomic E-state index is 15.5. The minimum Gasteiger partial charge on any atom is -0.373 e. The van der Waals surface area contributed by atoms with Gasteiger partial charge in [0.2, 0.25) is 5.91 Å². The number of hydrazine groups is 1. The highest BCUT2D eigenvalue weighted by Gasteiger charge is 2.50. The molecule has 2 saturated carbocycles. The largest absolute Gasteiger partial charge is 0.373 e. The Morgan fingerprint density at radius 2 is 1.59 bits per heavy atom. The molecule has 0 spiro atoms. The van der Waals surface area contributed by atoms with Gasteiger partial charge in [0.25, 0.3) is 0 Å². The first-order chi connectivity index (χ1) is 22.5. The van der Waals surface area contributed by atoms with E-state index in [1.165, 1.54) is 70.6 Å². The summed E-state index contributed by atoms with van der Waals surface area (Å²) in [7, 11) is 0. The van der Waals surface area contributed by atoms with Crippen LogP contribution in [0.25, 0.3) is 0 Å². The molecule has 2 aliphatic carbocycles. The van der Waals surface area contributed by atoms with Gasteiger partial charge in [0.1, 0.15) is 17.5 Å². The first-order valence-electron chi connectivity index (χ1n) is 18.5. The molecule has 3 heterocycles. The second-order valence-electron chi connectivity index (χ2n) is 14.9. The normalized spacial score (nSPS) is 28.6. The molecule has 4 fully saturated rings. The summed E-state index contributed by atoms with van der Waals surface area (Å²) < 4.78 is 15.5. The van der Waals surface area contributed by atoms with Gasteiger partial charge in [0, 0.05) is 41.6 Å². The molecule has 2 aromatic rings. The first kappa shape index (κ1) is 31.9. The summed E-state index contributed by atoms with van der Waals surface area (Å²) in [6.45, 7) is 5.79. The number of fused-ring (bicyclic) bond motifs is 2. The summed E-state index contributed by atoms with van der Waals surface area (Å²) in [5, 5.41) is 6.81. The van der Waals surface area contributed by atoms with E-state index in [2.05, 4.69) is 49.5 Å². The fraction of sp³-hybridized carbons (Fsp3) is 0.658. The first-order valence-corrected chi connectivity index (χ1v) is 18.5. The van der Waals surface area contributed by atoms with Crippen LogP contribution in [0.5, 0.6) is 0 Å². The lowest BCUT2D eigenvalue weighted by Gasteiger charge is -2.51. The summed E-state index contributed by atoms with van der Waals surface area (Å²) >= 11 is 0. The van der Waals surface area contributed by atoms with Crippen molar-refractivity contribution in [1.82, 2.24) is 15.8 Å². The van der Waals surface area contributed by atoms with Crippen molar-refractivity contribution < 1.29 is 9.18 Å². The second-order valence-corrected chi connectivity index (χ2v) is 14.9. The lowest BCUT2D eigenvalue weighted by atomic mass is 9.75. The topological polar surface area (TPSA) is 71.7 Å². The van der Waals surface area contributed by atoms with Crippen molar-refractivity contribution in [3.05, 3.63) is 53.3 Å². The lowest BCUT2D eigenvalue weighted by molar-refractivity contribution is -0.117. The van der Waals surface area contributed by atoms with Gasteiger partial charge >= 0.3 is 0 Å². The number of amides is 1. The molecular formula is C38H55FN6O. The zero-order valence-electron chi connectivity index (χ0n) is 27.9. The highest BCUT2D eigenvalue weighted by atomic mass is 19.1. The van der Waals surface area contributed by atoms with Crippen molar-refractivity contribution in [3.63, 3.8) is 0 Å². The van der Waals surface area contributed by atoms with Crippen molar-refractivity contribution in [1.29, 1.82) is 0 Å². The van der Waals surface area contributed by atoms with Crippen molar-refractivity contribution in [3.8, 4) is 0 Å². The van der Waals surface area contributed by atoms with E-state index in [9.17, 15) is 4.79 Å². The van der Waals surface area contributed by atoms with Crippen LogP contribution in [0.3, 0.4) is 0 Å². The van der Waals surface area contributed by atoms with Crippen LogP contribution in [-0.2, 0) is 4.79 Å². The van der Waals surface area contributed by atoms with Gasteiger partial charge in [-0.25, -0.2) is 15.2 Å². The predicted molar refractivity (Wildman–Crippen MR) is 185 cm³/mol. The molecule has 0 radical (unpaired) electrons. The number of hydrogen-bond acceptors (Lipinski definition) is 6. The molecule has 0 bridgehead atoms. The monoisotopic (exact) mass is 630 g/mol. The molecule has 7 nitrogen and oxygen atoms in total. The van der Waals surface area contributed by atoms with E-state index < -0.39 is 6.04 Å². The van der Waals surface area contributed by atoms with Crippen LogP contribution >= 0.6 is 0 Å². The van der Waals surface area contributed by atoms with Gasteiger partial charge in [-0.15, -0.1) is 0 Å². The maximum atomic E-state index is 15.5. The van der Waals surface area contributed by atoms with E-state index in [0.717, 1.165) is 80.2 Å². The second kappa shape index (κ2) is 14.2. The molecule has 7 rings (SSSR count). The van der Waals surface area contributed by atoms with E-state index in [1.54, 1.807) is 6.07 Å². The maximum Gasteiger partial charge on any atom is 0.247 e. The third-order valence-electron chi connectivity index (χ3n) is 12.1. The molecule has 3 unspecified atom stereocenters. The van der Waals surface area contributed by atoms with Crippen molar-refractivity contribution in [2.75, 3.05) is 41.8 Å². The van der Waals surface area contributed by atoms with Crippen LogP contribution in [0.4, 0.5) is 21.5 Å². The average Bonchev–Trinajstić information content (AvgIpc) is 3.69. The number of rotatable bonds is 5. The number of nitrogens with one attached hydrogen (secondary N) is 4. The van der Waals surface area contributed by atoms with Gasteiger partial charge in [-0.3, -0.25) is 9.69 Å². The zero-order valence-corrected chi connectivity index (χ0v) is 27.9. The van der Waals surface area contributed by atoms with Crippen LogP contribution in [0.1, 0.15) is 113 Å². The Morgan fingerprint density at radius 3 is 2.33 bits per heavy atom. The standard InChI is InChI=1S/C38H55FN6O/c1-27-20-21-32(39)34-33(28-14-9-5-4-6-10-15-28)36(42-35(27)34)37(46)41-30-18-13-19-31(24-30)44-22-23-45-26-40-43-38(45,25-44)29-16-11-7-2-3-8-12-17-29/h13,18-21,24,28-29,33,36,40,42-43H,2-12,14-17,22-23,25-26H2,1H3,(H,41,46). The number of piperazine rings is 1. The van der Waals surface area contributed by atoms with E-state index >= 15 is 4.39 Å². The van der Waals surface area contributed by atoms with Crippen molar-refractivity contribution >= 4 is 23.0 Å². The van der Waals surface area contributed by atoms with Crippen molar-refractivity contribution in [2.45, 2.75) is 121 Å². The Bertz CT molecular complexity index is 1350. The van der Waals surface area contributed by atoms with Crippen LogP contribution < -0.4 is 26.4 Å². The Morgan fingerprint density at radius 1 is 0.891 bits per heavy atom. The van der Waals surface area contributed by atoms with Crippen LogP contribution in [0.15, 0.2) is 36.4 Å². The van der Waals surface area contributed by atoms with Crippen LogP contribution in [-0.4, -0.2) is 48.8 Å². The molecule has 2 aromatic carbocycles. The molecule has 250 valence electrons. The molecule has 46 heavy (non-hydrogen) atoms. The van der Waals surface area contributed by atoms with E-state index in [-0.39, 0.29) is 23.3 Å². The lowest BCUT2D eigenvalue weighted by Crippen LogP contribution is -2.68. The number of carbonyl (C=O) groups excluding carboxylic acids is 1. The Labute approximate surface area is 275 Å². The van der Waals surface area contributed by atoms with Gasteiger partial charge in [-0.2, -0.15) is 0 Å². The van der Waals surface area contributed by atoms with E-state index in [1.807, 2.05) is 19.1 Å². The van der Waals surface area contributed by atoms with Crippen LogP contribution in [0.2, 0.25) is 0 Å². The zero-order chi connectivity index (χ0) is 31.5. The number of halogens is 1. The Kier molecular flexibility index (Phi) is 9.85. The molecule has 4 N–H and O–H groups in total. The summed E-state index contributed by atoms with van der Waals surface area (Å²) in [4.78, 5) is 19.3. The molecular weight excluding hydrogens is 575 g/mol. The quantitative estimate of drug-likeness (QED) is 0.272. The summed E-state index contributed by atoms with van der Waals surface area (Å²) in [6, 6.07) is 11.3. The fourth-order valence-electron chi connectivity index (χ4n) is 9.57. The fourth-order valence-corrected chi connectivity index (χ4v) is 9.57. The number of nitrogens with zero attached hydrogens (tertiary/aromatic N) is 2. The number of hydrogen-bond donors (Lipinski definition) is 4. The van der Waals surface area contributed by atoms with Gasteiger partial charge in [-0.05, 0) is 74.3 Å². The van der Waals surface area contributed by atoms with Gasteiger partial charge in [0.05, 0.1) is 13.2 Å². The Balaban J connectivity index is 1.10. The molecule has 2 saturated heterocycles. The molecule has 3 atom stereocenters. The third-order valence-corrected chi connectivity index (χ3v) is 12.1. The molecule has 0 aromatic heterocycles. The number of anilines is 3. The average molecular weight is 631 g/mol. The summed E-state index contributed by atoms with van der Waals surface area (Å²) in [6.07, 6.45) is 18.8. The van der Waals surface area contributed by atoms with Crippen LogP contribution in [0, 0.1) is 24.6 Å². The van der Waals surface area contributed by atoms with Gasteiger partial charge in [0.15, 0.2) is 0 Å². The number of benzene rings is 2. The smallest absolute Gasteiger partial charge is 0.247 e. The predicted octanol–water partition coefficient (Wildman–Crippen LogP) is 7.65. The Hall–Kier alpha value is -2.68. The van der Waals surface area contributed by atoms with Gasteiger partial charge in [-0.1, -0.05) is 82.8 Å². The molecule has 5 aliphatic rings. The van der Waals surface area contributed by atoms with E-state index in [0.29, 0.717) is 11.8 Å². The molecule has 1 amide bonds. The molecule has 8 heteroatoms. The highest BCUT2D eigenvalue weighted by molar-refractivity contribution is 5.99. The van der Waals surface area contributed by atoms with Crippen molar-refractivity contribution in [2.24, 2.45) is 11.8 Å². The minimum absolute atomic E-state index is 0.0623.